The molecule has 0 fully saturated rings. The predicted molar refractivity (Wildman–Crippen MR) is 123 cm³/mol. The van der Waals surface area contributed by atoms with Crippen molar-refractivity contribution >= 4 is 23.5 Å². The first-order chi connectivity index (χ1) is 15.5. The SMILES string of the molecule is CN(CCNC(=O)c1ccccc1)C(=O)/C=C(\OC(=O)c1ccccc1)c1ccccc1. The average Bonchev–Trinajstić information content (AvgIpc) is 2.85. The molecule has 6 nitrogen and oxygen atoms in total. The molecular formula is C26H24N2O4. The number of carbonyl (C=O) groups is 3. The van der Waals surface area contributed by atoms with Crippen LogP contribution in [0.25, 0.3) is 5.76 Å². The van der Waals surface area contributed by atoms with E-state index in [4.69, 9.17) is 4.74 Å². The molecule has 1 N–H and O–H groups in total. The first-order valence-corrected chi connectivity index (χ1v) is 10.2. The van der Waals surface area contributed by atoms with E-state index in [2.05, 4.69) is 5.32 Å². The second kappa shape index (κ2) is 11.3. The van der Waals surface area contributed by atoms with Crippen molar-refractivity contribution in [3.05, 3.63) is 114 Å². The molecule has 162 valence electrons. The maximum Gasteiger partial charge on any atom is 0.343 e. The summed E-state index contributed by atoms with van der Waals surface area (Å²) < 4.78 is 5.55. The van der Waals surface area contributed by atoms with Crippen LogP contribution in [0.5, 0.6) is 0 Å². The van der Waals surface area contributed by atoms with Crippen molar-refractivity contribution in [2.75, 3.05) is 20.1 Å². The van der Waals surface area contributed by atoms with Crippen LogP contribution in [-0.4, -0.2) is 42.8 Å². The Morgan fingerprint density at radius 1 is 0.781 bits per heavy atom. The molecule has 0 saturated heterocycles. The molecule has 6 heteroatoms. The number of nitrogens with one attached hydrogen (secondary N) is 1. The largest absolute Gasteiger partial charge is 0.422 e. The van der Waals surface area contributed by atoms with E-state index in [9.17, 15) is 14.4 Å². The lowest BCUT2D eigenvalue weighted by molar-refractivity contribution is -0.124. The normalized spacial score (nSPS) is 10.8. The summed E-state index contributed by atoms with van der Waals surface area (Å²) in [5.74, 6) is -0.946. The van der Waals surface area contributed by atoms with Crippen LogP contribution in [0.2, 0.25) is 0 Å². The molecule has 3 aromatic rings. The molecule has 0 aromatic heterocycles. The van der Waals surface area contributed by atoms with E-state index < -0.39 is 5.97 Å². The molecule has 0 radical (unpaired) electrons. The summed E-state index contributed by atoms with van der Waals surface area (Å²) in [7, 11) is 1.62. The van der Waals surface area contributed by atoms with Crippen molar-refractivity contribution in [3.63, 3.8) is 0 Å². The van der Waals surface area contributed by atoms with Crippen molar-refractivity contribution in [2.45, 2.75) is 0 Å². The van der Waals surface area contributed by atoms with Gasteiger partial charge in [-0.15, -0.1) is 0 Å². The van der Waals surface area contributed by atoms with Gasteiger partial charge in [-0.25, -0.2) is 4.79 Å². The highest BCUT2D eigenvalue weighted by Crippen LogP contribution is 2.18. The number of likely N-dealkylation sites (N-methyl/N-ethyl adjacent to an activating group) is 1. The number of esters is 1. The number of benzene rings is 3. The molecule has 0 unspecified atom stereocenters. The van der Waals surface area contributed by atoms with Crippen LogP contribution in [0.4, 0.5) is 0 Å². The molecule has 0 aliphatic heterocycles. The molecule has 0 heterocycles. The Hall–Kier alpha value is -4.19. The van der Waals surface area contributed by atoms with E-state index in [1.54, 1.807) is 85.9 Å². The first-order valence-electron chi connectivity index (χ1n) is 10.2. The van der Waals surface area contributed by atoms with Crippen LogP contribution >= 0.6 is 0 Å². The van der Waals surface area contributed by atoms with Gasteiger partial charge >= 0.3 is 5.97 Å². The van der Waals surface area contributed by atoms with Gasteiger partial charge in [-0.3, -0.25) is 9.59 Å². The second-order valence-corrected chi connectivity index (χ2v) is 7.01. The van der Waals surface area contributed by atoms with E-state index in [-0.39, 0.29) is 24.1 Å². The standard InChI is InChI=1S/C26H24N2O4/c1-28(18-17-27-25(30)21-13-7-3-8-14-21)24(29)19-23(20-11-5-2-6-12-20)32-26(31)22-15-9-4-10-16-22/h2-16,19H,17-18H2,1H3,(H,27,30)/b23-19-. The van der Waals surface area contributed by atoms with Gasteiger partial charge in [0.2, 0.25) is 5.91 Å². The zero-order valence-electron chi connectivity index (χ0n) is 17.7. The van der Waals surface area contributed by atoms with Crippen LogP contribution in [0.15, 0.2) is 97.1 Å². The van der Waals surface area contributed by atoms with Crippen molar-refractivity contribution < 1.29 is 19.1 Å². The Balaban J connectivity index is 1.65. The predicted octanol–water partition coefficient (Wildman–Crippen LogP) is 3.77. The number of ether oxygens (including phenoxy) is 1. The number of nitrogens with zero attached hydrogens (tertiary/aromatic N) is 1. The number of amides is 2. The van der Waals surface area contributed by atoms with Crippen LogP contribution in [-0.2, 0) is 9.53 Å². The molecule has 0 aliphatic carbocycles. The van der Waals surface area contributed by atoms with Crippen LogP contribution < -0.4 is 5.32 Å². The second-order valence-electron chi connectivity index (χ2n) is 7.01. The Morgan fingerprint density at radius 3 is 1.84 bits per heavy atom. The van der Waals surface area contributed by atoms with E-state index >= 15 is 0 Å². The van der Waals surface area contributed by atoms with E-state index in [1.807, 2.05) is 12.1 Å². The van der Waals surface area contributed by atoms with Gasteiger partial charge in [0.15, 0.2) is 0 Å². The maximum absolute atomic E-state index is 12.7. The summed E-state index contributed by atoms with van der Waals surface area (Å²) >= 11 is 0. The van der Waals surface area contributed by atoms with Crippen molar-refractivity contribution in [2.24, 2.45) is 0 Å². The van der Waals surface area contributed by atoms with Gasteiger partial charge < -0.3 is 15.0 Å². The fourth-order valence-corrected chi connectivity index (χ4v) is 2.87. The Labute approximate surface area is 187 Å². The third-order valence-corrected chi connectivity index (χ3v) is 4.67. The maximum atomic E-state index is 12.7. The highest BCUT2D eigenvalue weighted by atomic mass is 16.5. The Kier molecular flexibility index (Phi) is 7.92. The first kappa shape index (κ1) is 22.5. The lowest BCUT2D eigenvalue weighted by Crippen LogP contribution is -2.35. The summed E-state index contributed by atoms with van der Waals surface area (Å²) in [6.07, 6.45) is 1.29. The summed E-state index contributed by atoms with van der Waals surface area (Å²) in [6.45, 7) is 0.580. The molecule has 32 heavy (non-hydrogen) atoms. The van der Waals surface area contributed by atoms with Crippen LogP contribution in [0.3, 0.4) is 0 Å². The van der Waals surface area contributed by atoms with E-state index in [1.165, 1.54) is 11.0 Å². The molecule has 0 saturated carbocycles. The summed E-state index contributed by atoms with van der Waals surface area (Å²) in [4.78, 5) is 38.8. The molecule has 0 spiro atoms. The summed E-state index contributed by atoms with van der Waals surface area (Å²) in [5.41, 5.74) is 1.55. The molecule has 0 atom stereocenters. The third-order valence-electron chi connectivity index (χ3n) is 4.67. The molecule has 0 bridgehead atoms. The quantitative estimate of drug-likeness (QED) is 0.337. The number of hydrogen-bond donors (Lipinski definition) is 1. The van der Waals surface area contributed by atoms with Gasteiger partial charge in [0.1, 0.15) is 5.76 Å². The van der Waals surface area contributed by atoms with Gasteiger partial charge in [0.25, 0.3) is 5.91 Å². The Bertz CT molecular complexity index is 1080. The lowest BCUT2D eigenvalue weighted by atomic mass is 10.1. The minimum absolute atomic E-state index is 0.157. The van der Waals surface area contributed by atoms with Crippen molar-refractivity contribution in [1.82, 2.24) is 10.2 Å². The minimum Gasteiger partial charge on any atom is -0.422 e. The third kappa shape index (κ3) is 6.40. The summed E-state index contributed by atoms with van der Waals surface area (Å²) in [6, 6.07) is 26.4. The van der Waals surface area contributed by atoms with Crippen molar-refractivity contribution in [3.8, 4) is 0 Å². The minimum atomic E-state index is -0.550. The molecule has 3 aromatic carbocycles. The van der Waals surface area contributed by atoms with Gasteiger partial charge in [-0.1, -0.05) is 66.7 Å². The zero-order chi connectivity index (χ0) is 22.8. The van der Waals surface area contributed by atoms with E-state index in [0.29, 0.717) is 23.2 Å². The molecular weight excluding hydrogens is 404 g/mol. The van der Waals surface area contributed by atoms with E-state index in [0.717, 1.165) is 0 Å². The van der Waals surface area contributed by atoms with Gasteiger partial charge in [0.05, 0.1) is 5.56 Å². The van der Waals surface area contributed by atoms with Crippen LogP contribution in [0, 0.1) is 0 Å². The number of hydrogen-bond acceptors (Lipinski definition) is 4. The summed E-state index contributed by atoms with van der Waals surface area (Å²) in [5, 5.41) is 2.78. The highest BCUT2D eigenvalue weighted by Gasteiger charge is 2.15. The molecule has 0 aliphatic rings. The number of rotatable bonds is 8. The fourth-order valence-electron chi connectivity index (χ4n) is 2.87. The topological polar surface area (TPSA) is 75.7 Å². The van der Waals surface area contributed by atoms with Gasteiger partial charge in [-0.05, 0) is 24.3 Å². The van der Waals surface area contributed by atoms with Crippen molar-refractivity contribution in [1.29, 1.82) is 0 Å². The monoisotopic (exact) mass is 428 g/mol. The zero-order valence-corrected chi connectivity index (χ0v) is 17.7. The van der Waals surface area contributed by atoms with Gasteiger partial charge in [0, 0.05) is 37.3 Å². The molecule has 3 rings (SSSR count). The fraction of sp³-hybridized carbons (Fsp3) is 0.115. The smallest absolute Gasteiger partial charge is 0.343 e. The average molecular weight is 428 g/mol. The highest BCUT2D eigenvalue weighted by molar-refractivity contribution is 5.98. The van der Waals surface area contributed by atoms with Gasteiger partial charge in [-0.2, -0.15) is 0 Å². The number of carbonyl (C=O) groups excluding carboxylic acids is 3. The Morgan fingerprint density at radius 2 is 1.28 bits per heavy atom. The molecule has 2 amide bonds. The van der Waals surface area contributed by atoms with Crippen LogP contribution in [0.1, 0.15) is 26.3 Å². The lowest BCUT2D eigenvalue weighted by Gasteiger charge is -2.17.